The summed E-state index contributed by atoms with van der Waals surface area (Å²) < 4.78 is 24.5. The lowest BCUT2D eigenvalue weighted by molar-refractivity contribution is 0.102. The summed E-state index contributed by atoms with van der Waals surface area (Å²) in [5.74, 6) is 1.02. The molecule has 0 aliphatic heterocycles. The van der Waals surface area contributed by atoms with Gasteiger partial charge in [0.25, 0.3) is 0 Å². The van der Waals surface area contributed by atoms with E-state index in [1.165, 1.54) is 21.1 Å². The second-order valence-corrected chi connectivity index (χ2v) is 4.92. The van der Waals surface area contributed by atoms with Crippen LogP contribution in [0, 0.1) is 0 Å². The second-order valence-electron chi connectivity index (χ2n) is 4.92. The number of halogens is 1. The number of hydrogen-bond acceptors (Lipinski definition) is 3. The Balaban J connectivity index is 2.41. The van der Waals surface area contributed by atoms with Gasteiger partial charge in [0, 0.05) is 24.0 Å². The summed E-state index contributed by atoms with van der Waals surface area (Å²) in [7, 11) is 3.06. The zero-order chi connectivity index (χ0) is 15.4. The molecule has 1 aromatic carbocycles. The molecule has 0 N–H and O–H groups in total. The van der Waals surface area contributed by atoms with Gasteiger partial charge < -0.3 is 9.47 Å². The van der Waals surface area contributed by atoms with Gasteiger partial charge in [-0.2, -0.15) is 0 Å². The lowest BCUT2D eigenvalue weighted by atomic mass is 9.87. The Morgan fingerprint density at radius 2 is 1.67 bits per heavy atom. The van der Waals surface area contributed by atoms with E-state index in [1.54, 1.807) is 24.3 Å². The summed E-state index contributed by atoms with van der Waals surface area (Å²) in [5, 5.41) is 0. The topological polar surface area (TPSA) is 35.5 Å². The first-order valence-corrected chi connectivity index (χ1v) is 6.84. The average Bonchev–Trinajstić information content (AvgIpc) is 2.53. The maximum Gasteiger partial charge on any atom is 0.189 e. The first-order chi connectivity index (χ1) is 10.1. The van der Waals surface area contributed by atoms with Crippen molar-refractivity contribution in [3.05, 3.63) is 58.6 Å². The zero-order valence-corrected chi connectivity index (χ0v) is 12.5. The molecule has 0 amide bonds. The number of rotatable bonds is 5. The quantitative estimate of drug-likeness (QED) is 0.773. The molecule has 0 aromatic heterocycles. The van der Waals surface area contributed by atoms with E-state index < -0.39 is 6.17 Å². The molecule has 112 valence electrons. The van der Waals surface area contributed by atoms with Crippen LogP contribution in [0.4, 0.5) is 4.39 Å². The maximum atomic E-state index is 13.9. The zero-order valence-electron chi connectivity index (χ0n) is 12.5. The van der Waals surface area contributed by atoms with Crippen molar-refractivity contribution in [2.75, 3.05) is 14.2 Å². The SMILES string of the molecule is COC1=C(OC)CC([C@@H](C)F)=C(C(=O)c2ccccc2)C1. The largest absolute Gasteiger partial charge is 0.497 e. The van der Waals surface area contributed by atoms with Gasteiger partial charge in [0.2, 0.25) is 0 Å². The van der Waals surface area contributed by atoms with Crippen LogP contribution in [-0.2, 0) is 9.47 Å². The van der Waals surface area contributed by atoms with Crippen LogP contribution in [0.1, 0.15) is 30.1 Å². The molecule has 4 heteroatoms. The minimum atomic E-state index is -1.20. The van der Waals surface area contributed by atoms with Gasteiger partial charge in [0.15, 0.2) is 5.78 Å². The molecule has 0 heterocycles. The number of alkyl halides is 1. The molecule has 0 saturated heterocycles. The van der Waals surface area contributed by atoms with Crippen molar-refractivity contribution in [3.63, 3.8) is 0 Å². The van der Waals surface area contributed by atoms with Crippen LogP contribution in [0.3, 0.4) is 0 Å². The number of Topliss-reactive ketones (excluding diaryl/α,β-unsaturated/α-hetero) is 1. The average molecular weight is 290 g/mol. The van der Waals surface area contributed by atoms with Gasteiger partial charge in [-0.25, -0.2) is 4.39 Å². The van der Waals surface area contributed by atoms with Crippen molar-refractivity contribution < 1.29 is 18.7 Å². The van der Waals surface area contributed by atoms with Crippen LogP contribution in [0.25, 0.3) is 0 Å². The van der Waals surface area contributed by atoms with E-state index in [4.69, 9.17) is 9.47 Å². The molecule has 0 bridgehead atoms. The van der Waals surface area contributed by atoms with Gasteiger partial charge in [-0.1, -0.05) is 30.3 Å². The van der Waals surface area contributed by atoms with Gasteiger partial charge in [-0.05, 0) is 12.5 Å². The van der Waals surface area contributed by atoms with Gasteiger partial charge in [-0.15, -0.1) is 0 Å². The van der Waals surface area contributed by atoms with E-state index in [-0.39, 0.29) is 18.6 Å². The second kappa shape index (κ2) is 6.57. The van der Waals surface area contributed by atoms with Crippen LogP contribution in [0.15, 0.2) is 53.0 Å². The summed E-state index contributed by atoms with van der Waals surface area (Å²) in [5.41, 5.74) is 1.50. The molecule has 0 saturated carbocycles. The van der Waals surface area contributed by atoms with Crippen LogP contribution < -0.4 is 0 Å². The van der Waals surface area contributed by atoms with E-state index in [1.807, 2.05) is 6.07 Å². The Hall–Kier alpha value is -2.10. The van der Waals surface area contributed by atoms with E-state index in [0.29, 0.717) is 28.2 Å². The molecule has 1 atom stereocenters. The van der Waals surface area contributed by atoms with Crippen LogP contribution in [0.2, 0.25) is 0 Å². The standard InChI is InChI=1S/C17H19FO3/c1-11(18)13-9-15(20-2)16(21-3)10-14(13)17(19)12-7-5-4-6-8-12/h4-8,11H,9-10H2,1-3H3/t11-/m1/s1. The Morgan fingerprint density at radius 3 is 2.19 bits per heavy atom. The fourth-order valence-electron chi connectivity index (χ4n) is 2.49. The predicted molar refractivity (Wildman–Crippen MR) is 78.6 cm³/mol. The fraction of sp³-hybridized carbons (Fsp3) is 0.353. The molecule has 1 aliphatic rings. The minimum Gasteiger partial charge on any atom is -0.497 e. The number of ether oxygens (including phenoxy) is 2. The molecule has 1 aromatic rings. The summed E-state index contributed by atoms with van der Waals surface area (Å²) in [6.07, 6.45) is -0.668. The van der Waals surface area contributed by atoms with Gasteiger partial charge >= 0.3 is 0 Å². The molecular weight excluding hydrogens is 271 g/mol. The van der Waals surface area contributed by atoms with Crippen molar-refractivity contribution in [1.82, 2.24) is 0 Å². The lowest BCUT2D eigenvalue weighted by Crippen LogP contribution is -2.18. The van der Waals surface area contributed by atoms with Crippen molar-refractivity contribution >= 4 is 5.78 Å². The number of carbonyl (C=O) groups excluding carboxylic acids is 1. The summed E-state index contributed by atoms with van der Waals surface area (Å²) in [4.78, 5) is 12.6. The molecule has 3 nitrogen and oxygen atoms in total. The van der Waals surface area contributed by atoms with Crippen molar-refractivity contribution in [2.24, 2.45) is 0 Å². The maximum absolute atomic E-state index is 13.9. The molecule has 0 radical (unpaired) electrons. The molecule has 1 aliphatic carbocycles. The third-order valence-electron chi connectivity index (χ3n) is 3.67. The molecule has 0 fully saturated rings. The van der Waals surface area contributed by atoms with E-state index in [2.05, 4.69) is 0 Å². The Labute approximate surface area is 124 Å². The van der Waals surface area contributed by atoms with E-state index in [0.717, 1.165) is 0 Å². The fourth-order valence-corrected chi connectivity index (χ4v) is 2.49. The number of hydrogen-bond donors (Lipinski definition) is 0. The Bertz CT molecular complexity index is 585. The van der Waals surface area contributed by atoms with Crippen LogP contribution >= 0.6 is 0 Å². The summed E-state index contributed by atoms with van der Waals surface area (Å²) in [6, 6.07) is 8.90. The van der Waals surface area contributed by atoms with Gasteiger partial charge in [0.1, 0.15) is 17.7 Å². The number of methoxy groups -OCH3 is 2. The normalized spacial score (nSPS) is 16.8. The highest BCUT2D eigenvalue weighted by molar-refractivity contribution is 6.09. The number of ketones is 1. The minimum absolute atomic E-state index is 0.153. The highest BCUT2D eigenvalue weighted by Gasteiger charge is 2.29. The van der Waals surface area contributed by atoms with Crippen LogP contribution in [0.5, 0.6) is 0 Å². The predicted octanol–water partition coefficient (Wildman–Crippen LogP) is 3.82. The summed E-state index contributed by atoms with van der Waals surface area (Å²) >= 11 is 0. The number of benzene rings is 1. The molecule has 2 rings (SSSR count). The smallest absolute Gasteiger partial charge is 0.189 e. The van der Waals surface area contributed by atoms with Crippen LogP contribution in [-0.4, -0.2) is 26.2 Å². The first kappa shape index (κ1) is 15.3. The molecule has 21 heavy (non-hydrogen) atoms. The van der Waals surface area contributed by atoms with Crippen molar-refractivity contribution in [1.29, 1.82) is 0 Å². The Morgan fingerprint density at radius 1 is 1.10 bits per heavy atom. The number of carbonyl (C=O) groups is 1. The highest BCUT2D eigenvalue weighted by Crippen LogP contribution is 2.35. The van der Waals surface area contributed by atoms with E-state index >= 15 is 0 Å². The highest BCUT2D eigenvalue weighted by atomic mass is 19.1. The van der Waals surface area contributed by atoms with Gasteiger partial charge in [0.05, 0.1) is 14.2 Å². The lowest BCUT2D eigenvalue weighted by Gasteiger charge is -2.24. The van der Waals surface area contributed by atoms with Crippen molar-refractivity contribution in [3.8, 4) is 0 Å². The number of allylic oxidation sites excluding steroid dienone is 2. The van der Waals surface area contributed by atoms with E-state index in [9.17, 15) is 9.18 Å². The van der Waals surface area contributed by atoms with Gasteiger partial charge in [-0.3, -0.25) is 4.79 Å². The molecule has 0 unspecified atom stereocenters. The monoisotopic (exact) mass is 290 g/mol. The summed E-state index contributed by atoms with van der Waals surface area (Å²) in [6.45, 7) is 1.44. The molecule has 0 spiro atoms. The third kappa shape index (κ3) is 3.15. The Kier molecular flexibility index (Phi) is 4.78. The third-order valence-corrected chi connectivity index (χ3v) is 3.67. The first-order valence-electron chi connectivity index (χ1n) is 6.84. The van der Waals surface area contributed by atoms with Crippen molar-refractivity contribution in [2.45, 2.75) is 25.9 Å². The molecular formula is C17H19FO3.